The van der Waals surface area contributed by atoms with E-state index in [-0.39, 0.29) is 10.8 Å². The minimum Gasteiger partial charge on any atom is -0.507 e. The van der Waals surface area contributed by atoms with Gasteiger partial charge < -0.3 is 10.2 Å². The van der Waals surface area contributed by atoms with E-state index in [1.807, 2.05) is 36.4 Å². The Balaban J connectivity index is 2.64. The lowest BCUT2D eigenvalue weighted by Crippen LogP contribution is -2.21. The lowest BCUT2D eigenvalue weighted by atomic mass is 9.86. The van der Waals surface area contributed by atoms with Gasteiger partial charge in [-0.1, -0.05) is 84.9 Å². The second-order valence-corrected chi connectivity index (χ2v) is 11.0. The molecule has 0 aliphatic rings. The Labute approximate surface area is 153 Å². The third kappa shape index (κ3) is 4.01. The molecule has 0 aromatic heterocycles. The molecule has 2 N–H and O–H groups in total. The molecule has 0 heterocycles. The first-order chi connectivity index (χ1) is 11.5. The Kier molecular flexibility index (Phi) is 5.54. The summed E-state index contributed by atoms with van der Waals surface area (Å²) in [5.41, 5.74) is 1.67. The van der Waals surface area contributed by atoms with Crippen LogP contribution in [-0.4, -0.2) is 16.4 Å². The van der Waals surface area contributed by atoms with Gasteiger partial charge in [0.05, 0.1) is 0 Å². The molecular formula is C22H31O2P. The molecule has 2 aromatic carbocycles. The summed E-state index contributed by atoms with van der Waals surface area (Å²) in [6.45, 7) is 14.8. The number of para-hydroxylation sites is 2. The Bertz CT molecular complexity index is 688. The van der Waals surface area contributed by atoms with Crippen LogP contribution in [-0.2, 0) is 10.8 Å². The van der Waals surface area contributed by atoms with Crippen LogP contribution in [0.5, 0.6) is 11.5 Å². The van der Waals surface area contributed by atoms with Crippen molar-refractivity contribution in [3.8, 4) is 11.5 Å². The van der Waals surface area contributed by atoms with Crippen LogP contribution < -0.4 is 10.6 Å². The van der Waals surface area contributed by atoms with Crippen LogP contribution in [0.15, 0.2) is 36.4 Å². The summed E-state index contributed by atoms with van der Waals surface area (Å²) in [7, 11) is -0.817. The van der Waals surface area contributed by atoms with E-state index in [2.05, 4.69) is 48.5 Å². The SMILES string of the molecule is CCP(c1cccc(C(C)(C)C)c1O)c1cccc(C(C)(C)C)c1O. The van der Waals surface area contributed by atoms with Crippen molar-refractivity contribution in [2.75, 3.05) is 6.16 Å². The standard InChI is InChI=1S/C22H31O2P/c1-8-25(17-13-9-11-15(19(17)23)21(2,3)4)18-14-10-12-16(20(18)24)22(5,6)7/h9-14,23-24H,8H2,1-7H3. The molecule has 0 saturated carbocycles. The van der Waals surface area contributed by atoms with Crippen LogP contribution in [0.4, 0.5) is 0 Å². The van der Waals surface area contributed by atoms with Crippen molar-refractivity contribution in [3.63, 3.8) is 0 Å². The van der Waals surface area contributed by atoms with E-state index in [0.29, 0.717) is 11.5 Å². The second-order valence-electron chi connectivity index (χ2n) is 8.59. The summed E-state index contributed by atoms with van der Waals surface area (Å²) in [6, 6.07) is 12.0. The molecule has 0 unspecified atom stereocenters. The molecule has 2 nitrogen and oxygen atoms in total. The predicted octanol–water partition coefficient (Wildman–Crippen LogP) is 5.15. The fraction of sp³-hybridized carbons (Fsp3) is 0.455. The summed E-state index contributed by atoms with van der Waals surface area (Å²) in [5, 5.41) is 23.8. The normalized spacial score (nSPS) is 12.6. The van der Waals surface area contributed by atoms with Crippen molar-refractivity contribution in [1.29, 1.82) is 0 Å². The molecule has 0 bridgehead atoms. The van der Waals surface area contributed by atoms with E-state index >= 15 is 0 Å². The van der Waals surface area contributed by atoms with Gasteiger partial charge in [0, 0.05) is 10.6 Å². The molecule has 3 heteroatoms. The Morgan fingerprint density at radius 3 is 1.36 bits per heavy atom. The highest BCUT2D eigenvalue weighted by molar-refractivity contribution is 7.73. The van der Waals surface area contributed by atoms with Gasteiger partial charge in [-0.15, -0.1) is 0 Å². The topological polar surface area (TPSA) is 40.5 Å². The number of rotatable bonds is 3. The fourth-order valence-electron chi connectivity index (χ4n) is 3.18. The number of benzene rings is 2. The lowest BCUT2D eigenvalue weighted by Gasteiger charge is -2.27. The molecule has 136 valence electrons. The zero-order chi connectivity index (χ0) is 19.0. The second kappa shape index (κ2) is 7.00. The zero-order valence-corrected chi connectivity index (χ0v) is 17.4. The highest BCUT2D eigenvalue weighted by Crippen LogP contribution is 2.44. The third-order valence-electron chi connectivity index (χ3n) is 4.54. The molecule has 0 atom stereocenters. The van der Waals surface area contributed by atoms with Crippen molar-refractivity contribution >= 4 is 18.5 Å². The largest absolute Gasteiger partial charge is 0.507 e. The molecule has 25 heavy (non-hydrogen) atoms. The molecule has 2 rings (SSSR count). The van der Waals surface area contributed by atoms with Gasteiger partial charge in [-0.05, 0) is 36.0 Å². The van der Waals surface area contributed by atoms with Crippen LogP contribution in [0.3, 0.4) is 0 Å². The van der Waals surface area contributed by atoms with E-state index in [1.165, 1.54) is 0 Å². The first kappa shape index (κ1) is 19.8. The maximum atomic E-state index is 10.9. The van der Waals surface area contributed by atoms with E-state index in [9.17, 15) is 10.2 Å². The maximum absolute atomic E-state index is 10.9. The van der Waals surface area contributed by atoms with E-state index in [0.717, 1.165) is 27.9 Å². The van der Waals surface area contributed by atoms with Crippen molar-refractivity contribution in [2.45, 2.75) is 59.3 Å². The van der Waals surface area contributed by atoms with Gasteiger partial charge in [0.1, 0.15) is 11.5 Å². The quantitative estimate of drug-likeness (QED) is 0.745. The van der Waals surface area contributed by atoms with Crippen LogP contribution in [0.1, 0.15) is 59.6 Å². The average molecular weight is 358 g/mol. The van der Waals surface area contributed by atoms with Crippen LogP contribution in [0.2, 0.25) is 0 Å². The minimum atomic E-state index is -0.817. The molecule has 2 aromatic rings. The number of phenolic OH excluding ortho intramolecular Hbond substituents is 2. The molecule has 0 radical (unpaired) electrons. The minimum absolute atomic E-state index is 0.121. The zero-order valence-electron chi connectivity index (χ0n) is 16.5. The lowest BCUT2D eigenvalue weighted by molar-refractivity contribution is 0.450. The monoisotopic (exact) mass is 358 g/mol. The third-order valence-corrected chi connectivity index (χ3v) is 7.06. The average Bonchev–Trinajstić information content (AvgIpc) is 2.48. The Morgan fingerprint density at radius 1 is 0.720 bits per heavy atom. The van der Waals surface area contributed by atoms with Crippen LogP contribution in [0, 0.1) is 0 Å². The summed E-state index contributed by atoms with van der Waals surface area (Å²) in [6.07, 6.45) is 0.873. The molecule has 0 aliphatic carbocycles. The van der Waals surface area contributed by atoms with Gasteiger partial charge in [0.2, 0.25) is 0 Å². The number of hydrogen-bond acceptors (Lipinski definition) is 2. The molecule has 0 spiro atoms. The Hall–Kier alpha value is -1.53. The highest BCUT2D eigenvalue weighted by atomic mass is 31.1. The van der Waals surface area contributed by atoms with E-state index < -0.39 is 7.92 Å². The first-order valence-electron chi connectivity index (χ1n) is 8.91. The summed E-state index contributed by atoms with van der Waals surface area (Å²) in [4.78, 5) is 0. The molecule has 0 saturated heterocycles. The summed E-state index contributed by atoms with van der Waals surface area (Å²) >= 11 is 0. The van der Waals surface area contributed by atoms with Gasteiger partial charge in [0.15, 0.2) is 0 Å². The summed E-state index contributed by atoms with van der Waals surface area (Å²) < 4.78 is 0. The van der Waals surface area contributed by atoms with Gasteiger partial charge >= 0.3 is 0 Å². The van der Waals surface area contributed by atoms with Crippen LogP contribution in [0.25, 0.3) is 0 Å². The van der Waals surface area contributed by atoms with Gasteiger partial charge in [-0.3, -0.25) is 0 Å². The van der Waals surface area contributed by atoms with Gasteiger partial charge in [0.25, 0.3) is 0 Å². The van der Waals surface area contributed by atoms with Crippen molar-refractivity contribution in [3.05, 3.63) is 47.5 Å². The molecule has 0 amide bonds. The van der Waals surface area contributed by atoms with Gasteiger partial charge in [-0.2, -0.15) is 0 Å². The van der Waals surface area contributed by atoms with Crippen molar-refractivity contribution in [2.24, 2.45) is 0 Å². The predicted molar refractivity (Wildman–Crippen MR) is 110 cm³/mol. The van der Waals surface area contributed by atoms with E-state index in [1.54, 1.807) is 0 Å². The summed E-state index contributed by atoms with van der Waals surface area (Å²) in [5.74, 6) is 0.757. The number of hydrogen-bond donors (Lipinski definition) is 2. The number of aromatic hydroxyl groups is 2. The number of phenols is 2. The smallest absolute Gasteiger partial charge is 0.127 e. The Morgan fingerprint density at radius 2 is 1.08 bits per heavy atom. The molecular weight excluding hydrogens is 327 g/mol. The van der Waals surface area contributed by atoms with Crippen LogP contribution >= 0.6 is 7.92 Å². The van der Waals surface area contributed by atoms with E-state index in [4.69, 9.17) is 0 Å². The van der Waals surface area contributed by atoms with Crippen molar-refractivity contribution < 1.29 is 10.2 Å². The fourth-order valence-corrected chi connectivity index (χ4v) is 5.40. The highest BCUT2D eigenvalue weighted by Gasteiger charge is 2.27. The van der Waals surface area contributed by atoms with Gasteiger partial charge in [-0.25, -0.2) is 0 Å². The maximum Gasteiger partial charge on any atom is 0.127 e. The first-order valence-corrected chi connectivity index (χ1v) is 10.4. The van der Waals surface area contributed by atoms with Crippen molar-refractivity contribution in [1.82, 2.24) is 0 Å². The molecule has 0 fully saturated rings. The molecule has 0 aliphatic heterocycles.